The average molecular weight is 229 g/mol. The molecule has 0 saturated carbocycles. The highest BCUT2D eigenvalue weighted by atomic mass is 32.2. The summed E-state index contributed by atoms with van der Waals surface area (Å²) in [6.45, 7) is 13.7. The minimum Gasteiger partial charge on any atom is -0.234 e. The van der Waals surface area contributed by atoms with Crippen LogP contribution in [0.15, 0.2) is 17.1 Å². The summed E-state index contributed by atoms with van der Waals surface area (Å²) in [4.78, 5) is 0. The first-order chi connectivity index (χ1) is 6.79. The van der Waals surface area contributed by atoms with Crippen LogP contribution in [0.4, 0.5) is 0 Å². The van der Waals surface area contributed by atoms with Crippen LogP contribution < -0.4 is 0 Å². The van der Waals surface area contributed by atoms with Gasteiger partial charge in [-0.05, 0) is 39.5 Å². The molecule has 0 aliphatic heterocycles. The topological polar surface area (TPSA) is 29.4 Å². The molecule has 3 heteroatoms. The fraction of sp³-hybridized carbons (Fsp3) is 0.750. The highest BCUT2D eigenvalue weighted by Gasteiger charge is 2.20. The molecule has 0 aromatic carbocycles. The Morgan fingerprint density at radius 3 is 2.33 bits per heavy atom. The van der Waals surface area contributed by atoms with Crippen LogP contribution in [0, 0.1) is 5.92 Å². The first kappa shape index (κ1) is 14.6. The van der Waals surface area contributed by atoms with Crippen molar-refractivity contribution >= 4 is 16.7 Å². The molecular formula is C12H23NOS. The Hall–Kier alpha value is -0.440. The Morgan fingerprint density at radius 2 is 2.00 bits per heavy atom. The summed E-state index contributed by atoms with van der Waals surface area (Å²) < 4.78 is 15.9. The lowest BCUT2D eigenvalue weighted by Gasteiger charge is -2.16. The summed E-state index contributed by atoms with van der Waals surface area (Å²) in [6, 6.07) is 0. The van der Waals surface area contributed by atoms with Gasteiger partial charge in [0.25, 0.3) is 0 Å². The summed E-state index contributed by atoms with van der Waals surface area (Å²) in [7, 11) is -1.14. The van der Waals surface area contributed by atoms with Gasteiger partial charge >= 0.3 is 0 Å². The highest BCUT2D eigenvalue weighted by molar-refractivity contribution is 7.85. The molecule has 0 aromatic heterocycles. The van der Waals surface area contributed by atoms with Gasteiger partial charge < -0.3 is 0 Å². The van der Waals surface area contributed by atoms with Gasteiger partial charge in [0, 0.05) is 5.71 Å². The van der Waals surface area contributed by atoms with Gasteiger partial charge in [-0.15, -0.1) is 6.58 Å². The van der Waals surface area contributed by atoms with Gasteiger partial charge in [-0.25, -0.2) is 4.21 Å². The van der Waals surface area contributed by atoms with E-state index in [0.29, 0.717) is 5.92 Å². The third kappa shape index (κ3) is 5.88. The molecule has 0 aromatic rings. The lowest BCUT2D eigenvalue weighted by molar-refractivity contribution is 0.650. The number of hydrogen-bond acceptors (Lipinski definition) is 1. The van der Waals surface area contributed by atoms with Crippen LogP contribution in [0.5, 0.6) is 0 Å². The third-order valence-corrected chi connectivity index (χ3v) is 3.44. The van der Waals surface area contributed by atoms with Crippen molar-refractivity contribution in [3.63, 3.8) is 0 Å². The number of hydrogen-bond donors (Lipinski definition) is 0. The van der Waals surface area contributed by atoms with Crippen molar-refractivity contribution in [1.82, 2.24) is 0 Å². The van der Waals surface area contributed by atoms with E-state index < -0.39 is 11.0 Å². The van der Waals surface area contributed by atoms with Crippen LogP contribution in [0.3, 0.4) is 0 Å². The van der Waals surface area contributed by atoms with E-state index in [2.05, 4.69) is 24.8 Å². The molecule has 0 aliphatic rings. The van der Waals surface area contributed by atoms with Crippen LogP contribution in [0.25, 0.3) is 0 Å². The van der Waals surface area contributed by atoms with E-state index in [1.165, 1.54) is 0 Å². The molecule has 0 amide bonds. The van der Waals surface area contributed by atoms with Gasteiger partial charge in [-0.1, -0.05) is 19.9 Å². The minimum absolute atomic E-state index is 0.270. The maximum absolute atomic E-state index is 11.8. The lowest BCUT2D eigenvalue weighted by atomic mass is 10.0. The van der Waals surface area contributed by atoms with E-state index in [4.69, 9.17) is 0 Å². The monoisotopic (exact) mass is 229 g/mol. The molecule has 0 fully saturated rings. The molecule has 0 aliphatic carbocycles. The molecule has 0 spiro atoms. The SMILES string of the molecule is C=CCC/C(=N\S(=O)C(C)(C)C)C(C)C. The van der Waals surface area contributed by atoms with Crippen molar-refractivity contribution < 1.29 is 4.21 Å². The van der Waals surface area contributed by atoms with E-state index in [1.54, 1.807) is 0 Å². The van der Waals surface area contributed by atoms with Crippen molar-refractivity contribution in [1.29, 1.82) is 0 Å². The van der Waals surface area contributed by atoms with Crippen LogP contribution >= 0.6 is 0 Å². The van der Waals surface area contributed by atoms with Gasteiger partial charge in [0.2, 0.25) is 0 Å². The maximum atomic E-state index is 11.8. The van der Waals surface area contributed by atoms with Gasteiger partial charge in [-0.3, -0.25) is 0 Å². The predicted molar refractivity (Wildman–Crippen MR) is 69.6 cm³/mol. The zero-order chi connectivity index (χ0) is 12.1. The molecule has 0 radical (unpaired) electrons. The summed E-state index contributed by atoms with van der Waals surface area (Å²) >= 11 is 0. The molecule has 2 nitrogen and oxygen atoms in total. The second-order valence-corrected chi connectivity index (χ2v) is 6.83. The smallest absolute Gasteiger partial charge is 0.144 e. The summed E-state index contributed by atoms with van der Waals surface area (Å²) in [5.74, 6) is 0.358. The van der Waals surface area contributed by atoms with E-state index in [-0.39, 0.29) is 4.75 Å². The first-order valence-corrected chi connectivity index (χ1v) is 6.50. The molecule has 1 atom stereocenters. The molecule has 0 bridgehead atoms. The van der Waals surface area contributed by atoms with Gasteiger partial charge in [0.15, 0.2) is 0 Å². The summed E-state index contributed by atoms with van der Waals surface area (Å²) in [6.07, 6.45) is 3.64. The van der Waals surface area contributed by atoms with Crippen LogP contribution in [-0.2, 0) is 11.0 Å². The molecule has 1 unspecified atom stereocenters. The van der Waals surface area contributed by atoms with E-state index in [0.717, 1.165) is 18.6 Å². The predicted octanol–water partition coefficient (Wildman–Crippen LogP) is 3.51. The van der Waals surface area contributed by atoms with Gasteiger partial charge in [0.05, 0.1) is 4.75 Å². The largest absolute Gasteiger partial charge is 0.234 e. The summed E-state index contributed by atoms with van der Waals surface area (Å²) in [5.41, 5.74) is 1.03. The van der Waals surface area contributed by atoms with E-state index >= 15 is 0 Å². The number of rotatable bonds is 5. The van der Waals surface area contributed by atoms with Crippen molar-refractivity contribution in [3.05, 3.63) is 12.7 Å². The Morgan fingerprint density at radius 1 is 1.47 bits per heavy atom. The molecule has 88 valence electrons. The zero-order valence-corrected chi connectivity index (χ0v) is 11.4. The molecule has 15 heavy (non-hydrogen) atoms. The van der Waals surface area contributed by atoms with Crippen LogP contribution in [0.1, 0.15) is 47.5 Å². The van der Waals surface area contributed by atoms with E-state index in [1.807, 2.05) is 26.8 Å². The van der Waals surface area contributed by atoms with Gasteiger partial charge in [-0.2, -0.15) is 4.40 Å². The standard InChI is InChI=1S/C12H23NOS/c1-7-8-9-11(10(2)3)13-15(14)12(4,5)6/h7,10H,1,8-9H2,2-6H3/b13-11+. The average Bonchev–Trinajstić information content (AvgIpc) is 2.09. The molecule has 0 saturated heterocycles. The Labute approximate surface area is 96.5 Å². The summed E-state index contributed by atoms with van der Waals surface area (Å²) in [5, 5.41) is 0. The third-order valence-electron chi connectivity index (χ3n) is 2.00. The fourth-order valence-electron chi connectivity index (χ4n) is 0.933. The van der Waals surface area contributed by atoms with Crippen molar-refractivity contribution in [3.8, 4) is 0 Å². The Bertz CT molecular complexity index is 261. The first-order valence-electron chi connectivity index (χ1n) is 5.39. The second-order valence-electron chi connectivity index (χ2n) is 4.93. The molecular weight excluding hydrogens is 206 g/mol. The number of nitrogens with zero attached hydrogens (tertiary/aromatic N) is 1. The molecule has 0 N–H and O–H groups in total. The zero-order valence-electron chi connectivity index (χ0n) is 10.5. The second kappa shape index (κ2) is 6.21. The maximum Gasteiger partial charge on any atom is 0.144 e. The van der Waals surface area contributed by atoms with Crippen molar-refractivity contribution in [2.75, 3.05) is 0 Å². The fourth-order valence-corrected chi connectivity index (χ4v) is 1.72. The highest BCUT2D eigenvalue weighted by Crippen LogP contribution is 2.15. The Balaban J connectivity index is 4.68. The van der Waals surface area contributed by atoms with Crippen LogP contribution in [0.2, 0.25) is 0 Å². The lowest BCUT2D eigenvalue weighted by Crippen LogP contribution is -2.22. The van der Waals surface area contributed by atoms with Crippen LogP contribution in [-0.4, -0.2) is 14.7 Å². The minimum atomic E-state index is -1.14. The normalized spacial score (nSPS) is 15.5. The number of allylic oxidation sites excluding steroid dienone is 1. The van der Waals surface area contributed by atoms with Crippen molar-refractivity contribution in [2.24, 2.45) is 10.3 Å². The molecule has 0 rings (SSSR count). The van der Waals surface area contributed by atoms with E-state index in [9.17, 15) is 4.21 Å². The molecule has 0 heterocycles. The Kier molecular flexibility index (Phi) is 6.03. The van der Waals surface area contributed by atoms with Crippen molar-refractivity contribution in [2.45, 2.75) is 52.2 Å². The quantitative estimate of drug-likeness (QED) is 0.524. The van der Waals surface area contributed by atoms with Gasteiger partial charge in [0.1, 0.15) is 11.0 Å².